The average Bonchev–Trinajstić information content (AvgIpc) is 3.11. The van der Waals surface area contributed by atoms with Crippen LogP contribution in [-0.2, 0) is 10.0 Å². The highest BCUT2D eigenvalue weighted by Crippen LogP contribution is 2.44. The highest BCUT2D eigenvalue weighted by Gasteiger charge is 2.36. The summed E-state index contributed by atoms with van der Waals surface area (Å²) >= 11 is 0. The second kappa shape index (κ2) is 6.96. The van der Waals surface area contributed by atoms with Crippen molar-refractivity contribution in [3.8, 4) is 0 Å². The lowest BCUT2D eigenvalue weighted by atomic mass is 9.90. The number of carbonyl (C=O) groups excluding carboxylic acids is 1. The van der Waals surface area contributed by atoms with E-state index < -0.39 is 10.0 Å². The van der Waals surface area contributed by atoms with Crippen LogP contribution >= 0.6 is 0 Å². The fourth-order valence-corrected chi connectivity index (χ4v) is 5.10. The van der Waals surface area contributed by atoms with Gasteiger partial charge in [0.2, 0.25) is 10.0 Å². The number of nitrogens with two attached hydrogens (primary N) is 1. The summed E-state index contributed by atoms with van der Waals surface area (Å²) in [6.07, 6.45) is 2.37. The van der Waals surface area contributed by atoms with Gasteiger partial charge in [0.15, 0.2) is 0 Å². The van der Waals surface area contributed by atoms with E-state index in [1.54, 1.807) is 4.90 Å². The third kappa shape index (κ3) is 3.98. The summed E-state index contributed by atoms with van der Waals surface area (Å²) < 4.78 is 22.8. The molecule has 1 aliphatic heterocycles. The Morgan fingerprint density at radius 3 is 2.64 bits per heavy atom. The standard InChI is InChI=1S/C18H27N3O3S/c1-12(2)16-10-17(15-8-4-3-7-14(15)16)20-18(22)21-9-5-6-13(21)11-25(19,23)24/h3-4,7-8,12-13,16-17H,5-6,9-11H2,1-2H3,(H,20,22)(H2,19,23,24)/t13?,16-,17-/m0/s1. The molecule has 0 saturated carbocycles. The van der Waals surface area contributed by atoms with Crippen LogP contribution in [0.25, 0.3) is 0 Å². The number of rotatable bonds is 4. The van der Waals surface area contributed by atoms with Crippen molar-refractivity contribution in [3.05, 3.63) is 35.4 Å². The van der Waals surface area contributed by atoms with Gasteiger partial charge in [-0.1, -0.05) is 38.1 Å². The second-order valence-electron chi connectivity index (χ2n) is 7.54. The van der Waals surface area contributed by atoms with Crippen LogP contribution in [0.15, 0.2) is 24.3 Å². The van der Waals surface area contributed by atoms with Gasteiger partial charge in [0.05, 0.1) is 11.8 Å². The Kier molecular flexibility index (Phi) is 5.06. The number of likely N-dealkylation sites (tertiary alicyclic amines) is 1. The van der Waals surface area contributed by atoms with Gasteiger partial charge in [-0.25, -0.2) is 18.4 Å². The number of sulfonamides is 1. The quantitative estimate of drug-likeness (QED) is 0.858. The van der Waals surface area contributed by atoms with Crippen LogP contribution in [0.5, 0.6) is 0 Å². The largest absolute Gasteiger partial charge is 0.331 e. The Morgan fingerprint density at radius 1 is 1.32 bits per heavy atom. The molecule has 0 spiro atoms. The molecule has 0 aromatic heterocycles. The predicted molar refractivity (Wildman–Crippen MR) is 97.6 cm³/mol. The SMILES string of the molecule is CC(C)[C@@H]1C[C@H](NC(=O)N2CCCC2CS(N)(=O)=O)c2ccccc21. The molecule has 1 unspecified atom stereocenters. The first-order valence-electron chi connectivity index (χ1n) is 8.92. The second-order valence-corrected chi connectivity index (χ2v) is 9.20. The molecule has 138 valence electrons. The summed E-state index contributed by atoms with van der Waals surface area (Å²) in [7, 11) is -3.59. The van der Waals surface area contributed by atoms with Crippen LogP contribution in [0.1, 0.15) is 56.2 Å². The first-order valence-corrected chi connectivity index (χ1v) is 10.6. The normalized spacial score (nSPS) is 26.1. The van der Waals surface area contributed by atoms with E-state index >= 15 is 0 Å². The van der Waals surface area contributed by atoms with Gasteiger partial charge in [0.1, 0.15) is 0 Å². The Bertz CT molecular complexity index is 748. The molecule has 2 aliphatic rings. The van der Waals surface area contributed by atoms with E-state index in [2.05, 4.69) is 31.3 Å². The van der Waals surface area contributed by atoms with E-state index in [4.69, 9.17) is 5.14 Å². The van der Waals surface area contributed by atoms with Crippen molar-refractivity contribution in [2.45, 2.75) is 51.1 Å². The lowest BCUT2D eigenvalue weighted by Crippen LogP contribution is -2.46. The van der Waals surface area contributed by atoms with Crippen LogP contribution in [0.3, 0.4) is 0 Å². The van der Waals surface area contributed by atoms with Crippen molar-refractivity contribution in [3.63, 3.8) is 0 Å². The van der Waals surface area contributed by atoms with E-state index in [0.29, 0.717) is 24.8 Å². The molecule has 1 fully saturated rings. The Labute approximate surface area is 149 Å². The predicted octanol–water partition coefficient (Wildman–Crippen LogP) is 2.33. The third-order valence-corrected chi connectivity index (χ3v) is 6.28. The summed E-state index contributed by atoms with van der Waals surface area (Å²) in [5.41, 5.74) is 2.49. The summed E-state index contributed by atoms with van der Waals surface area (Å²) in [6.45, 7) is 4.98. The zero-order chi connectivity index (χ0) is 18.2. The number of nitrogens with one attached hydrogen (secondary N) is 1. The van der Waals surface area contributed by atoms with Crippen LogP contribution < -0.4 is 10.5 Å². The maximum Gasteiger partial charge on any atom is 0.318 e. The number of hydrogen-bond acceptors (Lipinski definition) is 3. The Morgan fingerprint density at radius 2 is 2.00 bits per heavy atom. The van der Waals surface area contributed by atoms with Gasteiger partial charge < -0.3 is 10.2 Å². The highest BCUT2D eigenvalue weighted by molar-refractivity contribution is 7.89. The Balaban J connectivity index is 1.73. The number of nitrogens with zero attached hydrogens (tertiary/aromatic N) is 1. The number of hydrogen-bond donors (Lipinski definition) is 2. The van der Waals surface area contributed by atoms with Crippen molar-refractivity contribution in [2.24, 2.45) is 11.1 Å². The van der Waals surface area contributed by atoms with Crippen LogP contribution in [0, 0.1) is 5.92 Å². The topological polar surface area (TPSA) is 92.5 Å². The Hall–Kier alpha value is -1.60. The van der Waals surface area contributed by atoms with Gasteiger partial charge >= 0.3 is 6.03 Å². The molecule has 3 atom stereocenters. The van der Waals surface area contributed by atoms with Crippen molar-refractivity contribution in [1.29, 1.82) is 0 Å². The molecular weight excluding hydrogens is 338 g/mol. The first-order chi connectivity index (χ1) is 11.8. The highest BCUT2D eigenvalue weighted by atomic mass is 32.2. The molecule has 0 bridgehead atoms. The van der Waals surface area contributed by atoms with Crippen molar-refractivity contribution in [1.82, 2.24) is 10.2 Å². The average molecular weight is 365 g/mol. The van der Waals surface area contributed by atoms with Crippen LogP contribution in [-0.4, -0.2) is 37.7 Å². The van der Waals surface area contributed by atoms with E-state index in [-0.39, 0.29) is 23.9 Å². The molecule has 3 rings (SSSR count). The maximum absolute atomic E-state index is 12.8. The molecule has 3 N–H and O–H groups in total. The monoisotopic (exact) mass is 365 g/mol. The molecule has 25 heavy (non-hydrogen) atoms. The van der Waals surface area contributed by atoms with Gasteiger partial charge in [-0.15, -0.1) is 0 Å². The van der Waals surface area contributed by atoms with Gasteiger partial charge in [-0.2, -0.15) is 0 Å². The number of urea groups is 1. The first kappa shape index (κ1) is 18.2. The number of primary sulfonamides is 1. The van der Waals surface area contributed by atoms with Gasteiger partial charge in [0.25, 0.3) is 0 Å². The van der Waals surface area contributed by atoms with Gasteiger partial charge in [0, 0.05) is 12.6 Å². The molecular formula is C18H27N3O3S. The van der Waals surface area contributed by atoms with Gasteiger partial charge in [-0.05, 0) is 42.2 Å². The molecule has 1 heterocycles. The zero-order valence-corrected chi connectivity index (χ0v) is 15.6. The fraction of sp³-hybridized carbons (Fsp3) is 0.611. The van der Waals surface area contributed by atoms with Crippen molar-refractivity contribution < 1.29 is 13.2 Å². The molecule has 1 aromatic rings. The minimum atomic E-state index is -3.59. The molecule has 1 saturated heterocycles. The summed E-state index contributed by atoms with van der Waals surface area (Å²) in [4.78, 5) is 14.4. The van der Waals surface area contributed by atoms with Crippen molar-refractivity contribution in [2.75, 3.05) is 12.3 Å². The summed E-state index contributed by atoms with van der Waals surface area (Å²) in [5, 5.41) is 8.30. The zero-order valence-electron chi connectivity index (χ0n) is 14.8. The maximum atomic E-state index is 12.8. The molecule has 0 radical (unpaired) electrons. The number of fused-ring (bicyclic) bond motifs is 1. The number of benzene rings is 1. The fourth-order valence-electron chi connectivity index (χ4n) is 4.22. The van der Waals surface area contributed by atoms with E-state index in [1.165, 1.54) is 11.1 Å². The van der Waals surface area contributed by atoms with Crippen LogP contribution in [0.2, 0.25) is 0 Å². The molecule has 2 amide bonds. The lowest BCUT2D eigenvalue weighted by Gasteiger charge is -2.26. The number of carbonyl (C=O) groups is 1. The smallest absolute Gasteiger partial charge is 0.318 e. The molecule has 6 nitrogen and oxygen atoms in total. The molecule has 1 aliphatic carbocycles. The summed E-state index contributed by atoms with van der Waals surface area (Å²) in [6, 6.07) is 7.73. The minimum absolute atomic E-state index is 0.0215. The van der Waals surface area contributed by atoms with Gasteiger partial charge in [-0.3, -0.25) is 0 Å². The van der Waals surface area contributed by atoms with E-state index in [0.717, 1.165) is 12.8 Å². The third-order valence-electron chi connectivity index (χ3n) is 5.43. The van der Waals surface area contributed by atoms with E-state index in [1.807, 2.05) is 12.1 Å². The lowest BCUT2D eigenvalue weighted by molar-refractivity contribution is 0.191. The minimum Gasteiger partial charge on any atom is -0.331 e. The summed E-state index contributed by atoms with van der Waals surface area (Å²) in [5.74, 6) is 0.765. The number of amides is 2. The molecule has 7 heteroatoms. The molecule has 1 aromatic carbocycles. The van der Waals surface area contributed by atoms with Crippen LogP contribution in [0.4, 0.5) is 4.79 Å². The van der Waals surface area contributed by atoms with E-state index in [9.17, 15) is 13.2 Å². The van der Waals surface area contributed by atoms with Crippen molar-refractivity contribution >= 4 is 16.1 Å².